The van der Waals surface area contributed by atoms with Gasteiger partial charge in [0.15, 0.2) is 0 Å². The van der Waals surface area contributed by atoms with Crippen LogP contribution in [0.15, 0.2) is 29.4 Å². The van der Waals surface area contributed by atoms with E-state index in [1.54, 1.807) is 7.11 Å². The van der Waals surface area contributed by atoms with E-state index in [0.717, 1.165) is 23.4 Å². The van der Waals surface area contributed by atoms with Crippen LogP contribution in [0.5, 0.6) is 5.75 Å². The molecule has 0 radical (unpaired) electrons. The summed E-state index contributed by atoms with van der Waals surface area (Å²) in [6.07, 6.45) is 0.764. The molecule has 0 amide bonds. The molecule has 1 unspecified atom stereocenters. The van der Waals surface area contributed by atoms with Crippen molar-refractivity contribution in [2.24, 2.45) is 5.10 Å². The third-order valence-electron chi connectivity index (χ3n) is 2.87. The van der Waals surface area contributed by atoms with Gasteiger partial charge in [0.1, 0.15) is 10.6 Å². The summed E-state index contributed by atoms with van der Waals surface area (Å²) in [5, 5.41) is 6.28. The second-order valence-electron chi connectivity index (χ2n) is 3.95. The highest BCUT2D eigenvalue weighted by atomic mass is 35.5. The summed E-state index contributed by atoms with van der Waals surface area (Å²) >= 11 is 11.8. The van der Waals surface area contributed by atoms with Gasteiger partial charge in [-0.3, -0.25) is 5.01 Å². The molecule has 1 aliphatic rings. The summed E-state index contributed by atoms with van der Waals surface area (Å²) in [6.45, 7) is 0. The fourth-order valence-corrected chi connectivity index (χ4v) is 2.35. The van der Waals surface area contributed by atoms with E-state index < -0.39 is 4.84 Å². The van der Waals surface area contributed by atoms with Crippen molar-refractivity contribution >= 4 is 28.9 Å². The number of halogens is 2. The number of hydrazone groups is 1. The number of rotatable bonds is 3. The van der Waals surface area contributed by atoms with Gasteiger partial charge < -0.3 is 4.74 Å². The van der Waals surface area contributed by atoms with Crippen LogP contribution in [0.4, 0.5) is 0 Å². The molecule has 1 aromatic carbocycles. The maximum atomic E-state index is 5.91. The molecule has 0 aliphatic carbocycles. The van der Waals surface area contributed by atoms with Crippen LogP contribution in [0.25, 0.3) is 0 Å². The lowest BCUT2D eigenvalue weighted by Gasteiger charge is -2.18. The van der Waals surface area contributed by atoms with E-state index in [9.17, 15) is 0 Å². The highest BCUT2D eigenvalue weighted by Crippen LogP contribution is 2.26. The van der Waals surface area contributed by atoms with Crippen molar-refractivity contribution in [2.75, 3.05) is 14.2 Å². The quantitative estimate of drug-likeness (QED) is 0.791. The van der Waals surface area contributed by atoms with Gasteiger partial charge in [-0.05, 0) is 29.8 Å². The standard InChI is InChI=1S/C12H14Cl2N2O/c1-16-11(12(13)14)7-10(15-16)8-3-5-9(17-2)6-4-8/h3-6,11-12H,7H2,1-2H3. The Hall–Kier alpha value is -0.930. The third kappa shape index (κ3) is 2.67. The van der Waals surface area contributed by atoms with E-state index >= 15 is 0 Å². The summed E-state index contributed by atoms with van der Waals surface area (Å²) in [6, 6.07) is 7.88. The van der Waals surface area contributed by atoms with Crippen LogP contribution < -0.4 is 4.74 Å². The van der Waals surface area contributed by atoms with Gasteiger partial charge in [-0.2, -0.15) is 5.10 Å². The van der Waals surface area contributed by atoms with Gasteiger partial charge in [0.25, 0.3) is 0 Å². The molecule has 2 rings (SSSR count). The highest BCUT2D eigenvalue weighted by molar-refractivity contribution is 6.45. The lowest BCUT2D eigenvalue weighted by molar-refractivity contribution is 0.297. The van der Waals surface area contributed by atoms with Crippen LogP contribution in [0, 0.1) is 0 Å². The molecule has 0 fully saturated rings. The largest absolute Gasteiger partial charge is 0.497 e. The SMILES string of the molecule is COc1ccc(C2=NN(C)C(C(Cl)Cl)C2)cc1. The van der Waals surface area contributed by atoms with Crippen LogP contribution in [-0.4, -0.2) is 35.8 Å². The van der Waals surface area contributed by atoms with Crippen molar-refractivity contribution in [3.8, 4) is 5.75 Å². The van der Waals surface area contributed by atoms with Gasteiger partial charge in [0.05, 0.1) is 18.9 Å². The smallest absolute Gasteiger partial charge is 0.130 e. The molecule has 17 heavy (non-hydrogen) atoms. The Morgan fingerprint density at radius 2 is 2.00 bits per heavy atom. The number of methoxy groups -OCH3 is 1. The zero-order valence-electron chi connectivity index (χ0n) is 9.73. The minimum absolute atomic E-state index is 0.0513. The number of nitrogens with zero attached hydrogens (tertiary/aromatic N) is 2. The lowest BCUT2D eigenvalue weighted by Crippen LogP contribution is -2.28. The van der Waals surface area contributed by atoms with Crippen LogP contribution in [0.2, 0.25) is 0 Å². The number of hydrogen-bond donors (Lipinski definition) is 0. The normalized spacial score (nSPS) is 19.7. The van der Waals surface area contributed by atoms with Crippen molar-refractivity contribution in [3.05, 3.63) is 29.8 Å². The second kappa shape index (κ2) is 5.15. The minimum atomic E-state index is -0.431. The molecular formula is C12H14Cl2N2O. The van der Waals surface area contributed by atoms with Gasteiger partial charge in [-0.15, -0.1) is 23.2 Å². The van der Waals surface area contributed by atoms with E-state index in [4.69, 9.17) is 27.9 Å². The molecule has 3 nitrogen and oxygen atoms in total. The Kier molecular flexibility index (Phi) is 3.79. The molecular weight excluding hydrogens is 259 g/mol. The van der Waals surface area contributed by atoms with Crippen LogP contribution in [0.1, 0.15) is 12.0 Å². The molecule has 92 valence electrons. The van der Waals surface area contributed by atoms with Crippen LogP contribution >= 0.6 is 23.2 Å². The molecule has 0 saturated heterocycles. The molecule has 0 bridgehead atoms. The van der Waals surface area contributed by atoms with Crippen LogP contribution in [0.3, 0.4) is 0 Å². The maximum Gasteiger partial charge on any atom is 0.130 e. The first-order valence-electron chi connectivity index (χ1n) is 5.34. The first-order valence-corrected chi connectivity index (χ1v) is 6.22. The fourth-order valence-electron chi connectivity index (χ4n) is 1.85. The zero-order valence-corrected chi connectivity index (χ0v) is 11.2. The van der Waals surface area contributed by atoms with E-state index in [1.807, 2.05) is 36.3 Å². The van der Waals surface area contributed by atoms with Gasteiger partial charge in [0.2, 0.25) is 0 Å². The second-order valence-corrected chi connectivity index (χ2v) is 5.12. The Bertz CT molecular complexity index is 417. The van der Waals surface area contributed by atoms with E-state index in [-0.39, 0.29) is 6.04 Å². The number of benzene rings is 1. The molecule has 0 aromatic heterocycles. The Balaban J connectivity index is 2.16. The van der Waals surface area contributed by atoms with Crippen molar-refractivity contribution in [2.45, 2.75) is 17.3 Å². The number of ether oxygens (including phenoxy) is 1. The monoisotopic (exact) mass is 272 g/mol. The topological polar surface area (TPSA) is 24.8 Å². The van der Waals surface area contributed by atoms with E-state index in [1.165, 1.54) is 0 Å². The number of alkyl halides is 2. The van der Waals surface area contributed by atoms with Crippen molar-refractivity contribution < 1.29 is 4.74 Å². The van der Waals surface area contributed by atoms with Crippen molar-refractivity contribution in [1.29, 1.82) is 0 Å². The molecule has 5 heteroatoms. The van der Waals surface area contributed by atoms with E-state index in [0.29, 0.717) is 0 Å². The zero-order chi connectivity index (χ0) is 12.4. The van der Waals surface area contributed by atoms with Gasteiger partial charge in [-0.25, -0.2) is 0 Å². The third-order valence-corrected chi connectivity index (χ3v) is 3.46. The summed E-state index contributed by atoms with van der Waals surface area (Å²) < 4.78 is 5.12. The maximum absolute atomic E-state index is 5.91. The highest BCUT2D eigenvalue weighted by Gasteiger charge is 2.29. The molecule has 0 spiro atoms. The molecule has 1 heterocycles. The summed E-state index contributed by atoms with van der Waals surface area (Å²) in [5.74, 6) is 0.838. The van der Waals surface area contributed by atoms with E-state index in [2.05, 4.69) is 5.10 Å². The first kappa shape index (κ1) is 12.5. The summed E-state index contributed by atoms with van der Waals surface area (Å²) in [4.78, 5) is -0.431. The molecule has 1 aliphatic heterocycles. The molecule has 1 atom stereocenters. The molecule has 0 saturated carbocycles. The summed E-state index contributed by atoms with van der Waals surface area (Å²) in [7, 11) is 3.54. The predicted octanol–water partition coefficient (Wildman–Crippen LogP) is 2.91. The van der Waals surface area contributed by atoms with Crippen molar-refractivity contribution in [3.63, 3.8) is 0 Å². The van der Waals surface area contributed by atoms with Gasteiger partial charge in [0, 0.05) is 13.5 Å². The van der Waals surface area contributed by atoms with Crippen molar-refractivity contribution in [1.82, 2.24) is 5.01 Å². The number of hydrogen-bond acceptors (Lipinski definition) is 3. The average Bonchev–Trinajstić information content (AvgIpc) is 2.71. The van der Waals surface area contributed by atoms with Crippen LogP contribution in [-0.2, 0) is 0 Å². The Morgan fingerprint density at radius 3 is 2.47 bits per heavy atom. The van der Waals surface area contributed by atoms with Gasteiger partial charge >= 0.3 is 0 Å². The predicted molar refractivity (Wildman–Crippen MR) is 71.2 cm³/mol. The average molecular weight is 273 g/mol. The summed E-state index contributed by atoms with van der Waals surface area (Å²) in [5.41, 5.74) is 2.08. The Morgan fingerprint density at radius 1 is 1.35 bits per heavy atom. The first-order chi connectivity index (χ1) is 8.11. The fraction of sp³-hybridized carbons (Fsp3) is 0.417. The minimum Gasteiger partial charge on any atom is -0.497 e. The van der Waals surface area contributed by atoms with Gasteiger partial charge in [-0.1, -0.05) is 0 Å². The molecule has 1 aromatic rings. The lowest BCUT2D eigenvalue weighted by atomic mass is 10.0. The Labute approximate surface area is 111 Å². The molecule has 0 N–H and O–H groups in total.